The number of carbonyl (C=O) groups is 1. The summed E-state index contributed by atoms with van der Waals surface area (Å²) in [5.41, 5.74) is 6.26. The van der Waals surface area contributed by atoms with Crippen molar-refractivity contribution in [2.24, 2.45) is 12.9 Å². The maximum Gasteiger partial charge on any atom is 0.359 e. The maximum absolute atomic E-state index is 11.7. The predicted octanol–water partition coefficient (Wildman–Crippen LogP) is 4.06. The van der Waals surface area contributed by atoms with Gasteiger partial charge in [-0.3, -0.25) is 0 Å². The van der Waals surface area contributed by atoms with Gasteiger partial charge in [-0.25, -0.2) is 29.7 Å². The molecule has 13 heteroatoms. The molecule has 0 unspecified atom stereocenters. The predicted molar refractivity (Wildman–Crippen MR) is 180 cm³/mol. The van der Waals surface area contributed by atoms with Crippen molar-refractivity contribution in [3.05, 3.63) is 71.3 Å². The molecule has 3 aromatic heterocycles. The first-order chi connectivity index (χ1) is 22.1. The minimum Gasteiger partial charge on any atom is -0.378 e. The first kappa shape index (κ1) is 32.5. The third kappa shape index (κ3) is 7.49. The summed E-state index contributed by atoms with van der Waals surface area (Å²) in [5.74, 6) is 6.88. The van der Waals surface area contributed by atoms with E-state index in [9.17, 15) is 4.79 Å². The summed E-state index contributed by atoms with van der Waals surface area (Å²) in [4.78, 5) is 46.0. The Balaban J connectivity index is 1.48. The van der Waals surface area contributed by atoms with Crippen LogP contribution in [0.5, 0.6) is 0 Å². The summed E-state index contributed by atoms with van der Waals surface area (Å²) >= 11 is 0. The average molecular weight is 627 g/mol. The Labute approximate surface area is 269 Å². The van der Waals surface area contributed by atoms with Crippen molar-refractivity contribution < 1.29 is 14.4 Å². The second-order valence-corrected chi connectivity index (χ2v) is 11.8. The lowest BCUT2D eigenvalue weighted by Crippen LogP contribution is -2.37. The van der Waals surface area contributed by atoms with Crippen LogP contribution in [-0.2, 0) is 23.2 Å². The lowest BCUT2D eigenvalue weighted by Gasteiger charge is -2.28. The first-order valence-corrected chi connectivity index (χ1v) is 15.3. The lowest BCUT2D eigenvalue weighted by atomic mass is 10.1. The van der Waals surface area contributed by atoms with E-state index in [1.54, 1.807) is 0 Å². The SMILES string of the molecule is CC(C)=CCN(CC=C(C)C)c1ccc(-c2nc(N3CCOCC3)c3nc(CN(C)c4ncc(C(=O)ON)cn4)n(C)c3n2)cc1. The summed E-state index contributed by atoms with van der Waals surface area (Å²) < 4.78 is 7.62. The van der Waals surface area contributed by atoms with Gasteiger partial charge in [0.25, 0.3) is 0 Å². The zero-order chi connectivity index (χ0) is 32.8. The fraction of sp³-hybridized carbons (Fsp3) is 0.394. The van der Waals surface area contributed by atoms with E-state index in [1.807, 2.05) is 23.6 Å². The quantitative estimate of drug-likeness (QED) is 0.190. The molecule has 0 atom stereocenters. The second-order valence-electron chi connectivity index (χ2n) is 11.8. The standard InChI is InChI=1S/C33H42N10O3/c1-22(2)11-13-42(14-12-23(3)4)26-9-7-24(8-10-26)29-38-30-28(31(39-29)43-15-17-45-18-16-43)37-27(41(30)6)21-40(5)33-35-19-25(20-36-33)32(44)46-34/h7-12,19-20H,13-18,21,34H2,1-6H3. The largest absolute Gasteiger partial charge is 0.378 e. The molecule has 0 bridgehead atoms. The minimum atomic E-state index is -0.700. The average Bonchev–Trinajstić information content (AvgIpc) is 3.38. The van der Waals surface area contributed by atoms with Gasteiger partial charge in [0, 0.05) is 63.9 Å². The summed E-state index contributed by atoms with van der Waals surface area (Å²) in [7, 11) is 3.81. The number of hydrogen-bond acceptors (Lipinski definition) is 12. The number of ether oxygens (including phenoxy) is 1. The number of aryl methyl sites for hydroxylation is 1. The van der Waals surface area contributed by atoms with Crippen molar-refractivity contribution in [2.45, 2.75) is 34.2 Å². The molecule has 46 heavy (non-hydrogen) atoms. The summed E-state index contributed by atoms with van der Waals surface area (Å²) in [5, 5.41) is 0. The van der Waals surface area contributed by atoms with Crippen LogP contribution < -0.4 is 20.6 Å². The van der Waals surface area contributed by atoms with Gasteiger partial charge >= 0.3 is 5.97 Å². The molecule has 4 aromatic rings. The molecule has 1 fully saturated rings. The van der Waals surface area contributed by atoms with Crippen LogP contribution in [0.3, 0.4) is 0 Å². The normalized spacial score (nSPS) is 13.0. The molecule has 1 aliphatic heterocycles. The van der Waals surface area contributed by atoms with Crippen LogP contribution in [0.4, 0.5) is 17.5 Å². The molecule has 5 rings (SSSR count). The third-order valence-electron chi connectivity index (χ3n) is 7.74. The van der Waals surface area contributed by atoms with E-state index < -0.39 is 5.97 Å². The Bertz CT molecular complexity index is 1700. The molecular formula is C33H42N10O3. The highest BCUT2D eigenvalue weighted by atomic mass is 16.7. The second kappa shape index (κ2) is 14.5. The Hall–Kier alpha value is -4.88. The van der Waals surface area contributed by atoms with Gasteiger partial charge in [0.15, 0.2) is 22.8 Å². The maximum atomic E-state index is 11.7. The smallest absolute Gasteiger partial charge is 0.359 e. The molecule has 2 N–H and O–H groups in total. The number of nitrogens with two attached hydrogens (primary N) is 1. The molecule has 0 spiro atoms. The van der Waals surface area contributed by atoms with E-state index in [4.69, 9.17) is 25.6 Å². The zero-order valence-corrected chi connectivity index (χ0v) is 27.4. The Morgan fingerprint density at radius 1 is 0.978 bits per heavy atom. The number of rotatable bonds is 11. The molecule has 0 saturated carbocycles. The summed E-state index contributed by atoms with van der Waals surface area (Å²) in [6.07, 6.45) is 7.25. The lowest BCUT2D eigenvalue weighted by molar-refractivity contribution is 0.0502. The van der Waals surface area contributed by atoms with Crippen LogP contribution in [0.1, 0.15) is 43.9 Å². The van der Waals surface area contributed by atoms with E-state index in [0.717, 1.165) is 47.1 Å². The monoisotopic (exact) mass is 626 g/mol. The summed E-state index contributed by atoms with van der Waals surface area (Å²) in [6, 6.07) is 8.45. The molecule has 1 aromatic carbocycles. The highest BCUT2D eigenvalue weighted by Crippen LogP contribution is 2.30. The number of aromatic nitrogens is 6. The van der Waals surface area contributed by atoms with E-state index in [2.05, 4.69) is 88.7 Å². The topological polar surface area (TPSA) is 141 Å². The molecule has 0 amide bonds. The van der Waals surface area contributed by atoms with Crippen LogP contribution in [0, 0.1) is 0 Å². The number of fused-ring (bicyclic) bond motifs is 1. The van der Waals surface area contributed by atoms with Crippen LogP contribution in [0.15, 0.2) is 60.0 Å². The van der Waals surface area contributed by atoms with Gasteiger partial charge in [-0.05, 0) is 52.0 Å². The van der Waals surface area contributed by atoms with Gasteiger partial charge in [-0.1, -0.05) is 23.3 Å². The number of carbonyl (C=O) groups excluding carboxylic acids is 1. The number of nitrogens with zero attached hydrogens (tertiary/aromatic N) is 9. The molecule has 1 aliphatic rings. The van der Waals surface area contributed by atoms with Crippen LogP contribution in [0.25, 0.3) is 22.6 Å². The van der Waals surface area contributed by atoms with Crippen molar-refractivity contribution in [2.75, 3.05) is 61.1 Å². The molecule has 13 nitrogen and oxygen atoms in total. The van der Waals surface area contributed by atoms with E-state index >= 15 is 0 Å². The van der Waals surface area contributed by atoms with E-state index in [1.165, 1.54) is 23.5 Å². The minimum absolute atomic E-state index is 0.168. The molecule has 1 saturated heterocycles. The van der Waals surface area contributed by atoms with Gasteiger partial charge in [0.1, 0.15) is 5.82 Å². The number of anilines is 3. The van der Waals surface area contributed by atoms with E-state index in [-0.39, 0.29) is 5.56 Å². The fourth-order valence-corrected chi connectivity index (χ4v) is 5.02. The fourth-order valence-electron chi connectivity index (χ4n) is 5.02. The van der Waals surface area contributed by atoms with Crippen LogP contribution in [-0.4, -0.2) is 81.9 Å². The van der Waals surface area contributed by atoms with Crippen molar-refractivity contribution in [1.29, 1.82) is 0 Å². The third-order valence-corrected chi connectivity index (χ3v) is 7.74. The highest BCUT2D eigenvalue weighted by Gasteiger charge is 2.23. The van der Waals surface area contributed by atoms with Gasteiger partial charge in [0.2, 0.25) is 5.95 Å². The van der Waals surface area contributed by atoms with Gasteiger partial charge in [-0.2, -0.15) is 5.90 Å². The van der Waals surface area contributed by atoms with Crippen molar-refractivity contribution >= 4 is 34.6 Å². The molecule has 242 valence electrons. The number of benzene rings is 1. The van der Waals surface area contributed by atoms with Crippen molar-refractivity contribution in [3.63, 3.8) is 0 Å². The molecule has 4 heterocycles. The highest BCUT2D eigenvalue weighted by molar-refractivity contribution is 5.88. The van der Waals surface area contributed by atoms with Gasteiger partial charge < -0.3 is 28.8 Å². The zero-order valence-electron chi connectivity index (χ0n) is 27.4. The number of allylic oxidation sites excluding steroid dienone is 2. The Morgan fingerprint density at radius 3 is 2.20 bits per heavy atom. The van der Waals surface area contributed by atoms with E-state index in [0.29, 0.717) is 44.6 Å². The number of hydrogen-bond donors (Lipinski definition) is 1. The van der Waals surface area contributed by atoms with Crippen LogP contribution >= 0.6 is 0 Å². The molecular weight excluding hydrogens is 584 g/mol. The van der Waals surface area contributed by atoms with Crippen LogP contribution in [0.2, 0.25) is 0 Å². The Kier molecular flexibility index (Phi) is 10.2. The number of imidazole rings is 1. The van der Waals surface area contributed by atoms with Crippen molar-refractivity contribution in [3.8, 4) is 11.4 Å². The first-order valence-electron chi connectivity index (χ1n) is 15.3. The molecule has 0 radical (unpaired) electrons. The molecule has 0 aliphatic carbocycles. The number of morpholine rings is 1. The van der Waals surface area contributed by atoms with Gasteiger partial charge in [-0.15, -0.1) is 0 Å². The van der Waals surface area contributed by atoms with Gasteiger partial charge in [0.05, 0.1) is 25.3 Å². The summed E-state index contributed by atoms with van der Waals surface area (Å²) in [6.45, 7) is 13.2. The van der Waals surface area contributed by atoms with Crippen molar-refractivity contribution in [1.82, 2.24) is 29.5 Å². The Morgan fingerprint density at radius 2 is 1.61 bits per heavy atom.